The molecule has 2 rings (SSSR count). The van der Waals surface area contributed by atoms with Gasteiger partial charge in [0.1, 0.15) is 21.9 Å². The van der Waals surface area contributed by atoms with Crippen molar-refractivity contribution in [2.45, 2.75) is 41.5 Å². The molecule has 2 aliphatic heterocycles. The van der Waals surface area contributed by atoms with Crippen LogP contribution in [0.25, 0.3) is 0 Å². The third kappa shape index (κ3) is 2.51. The molecule has 0 bridgehead atoms. The maximum atomic E-state index is 13.7. The van der Waals surface area contributed by atoms with Crippen LogP contribution in [0.15, 0.2) is 0 Å². The summed E-state index contributed by atoms with van der Waals surface area (Å²) in [6, 6.07) is -0.688. The average molecular weight is 402 g/mol. The number of methoxy groups -OCH3 is 1. The van der Waals surface area contributed by atoms with Crippen LogP contribution in [-0.2, 0) is 14.3 Å². The summed E-state index contributed by atoms with van der Waals surface area (Å²) in [6.07, 6.45) is -4.16. The van der Waals surface area contributed by atoms with E-state index in [0.717, 1.165) is 0 Å². The molecule has 2 aliphatic rings. The minimum atomic E-state index is -1.37. The molecule has 2 N–H and O–H groups in total. The molecule has 0 aliphatic carbocycles. The molecule has 7 nitrogen and oxygen atoms in total. The monoisotopic (exact) mass is 402 g/mol. The standard InChI is InChI=1S/C11H16FIN2O5/c1-11(13)8(17)14-10(18)15(9(11)19-2)7-3-5(12)6(4-16)20-7/h5-7,9,16H,3-4H2,1-2H3,(H,14,17,18)/t5?,6-,7-,9+,11-/m1/s1. The van der Waals surface area contributed by atoms with E-state index in [1.807, 2.05) is 22.6 Å². The SMILES string of the molecule is CO[C@@H]1N([C@H]2CC(F)[C@@H](CO)O2)C(=O)NC(=O)[C@@]1(C)I. The smallest absolute Gasteiger partial charge is 0.328 e. The lowest BCUT2D eigenvalue weighted by Crippen LogP contribution is -2.69. The fourth-order valence-electron chi connectivity index (χ4n) is 2.40. The van der Waals surface area contributed by atoms with Gasteiger partial charge in [0.05, 0.1) is 6.61 Å². The molecule has 1 unspecified atom stereocenters. The summed E-state index contributed by atoms with van der Waals surface area (Å²) in [7, 11) is 1.37. The van der Waals surface area contributed by atoms with E-state index < -0.39 is 46.7 Å². The molecule has 0 aromatic carbocycles. The second-order valence-electron chi connectivity index (χ2n) is 4.89. The molecule has 2 saturated heterocycles. The highest BCUT2D eigenvalue weighted by Crippen LogP contribution is 2.36. The van der Waals surface area contributed by atoms with Crippen LogP contribution in [0.1, 0.15) is 13.3 Å². The number of hydrogen-bond acceptors (Lipinski definition) is 5. The molecule has 0 saturated carbocycles. The van der Waals surface area contributed by atoms with Crippen molar-refractivity contribution in [3.8, 4) is 0 Å². The Morgan fingerprint density at radius 2 is 2.30 bits per heavy atom. The maximum absolute atomic E-state index is 13.7. The number of rotatable bonds is 3. The number of nitrogens with one attached hydrogen (secondary N) is 1. The normalized spacial score (nSPS) is 42.0. The van der Waals surface area contributed by atoms with Crippen LogP contribution in [0.4, 0.5) is 9.18 Å². The molecule has 114 valence electrons. The van der Waals surface area contributed by atoms with Crippen molar-refractivity contribution in [1.82, 2.24) is 10.2 Å². The van der Waals surface area contributed by atoms with Crippen LogP contribution in [0.5, 0.6) is 0 Å². The Hall–Kier alpha value is -0.520. The van der Waals surface area contributed by atoms with E-state index in [0.29, 0.717) is 0 Å². The molecule has 2 fully saturated rings. The van der Waals surface area contributed by atoms with Crippen molar-refractivity contribution in [3.63, 3.8) is 0 Å². The summed E-state index contributed by atoms with van der Waals surface area (Å²) in [5.41, 5.74) is 0. The van der Waals surface area contributed by atoms with Crippen LogP contribution >= 0.6 is 22.6 Å². The number of amides is 3. The molecule has 20 heavy (non-hydrogen) atoms. The van der Waals surface area contributed by atoms with Gasteiger partial charge in [-0.05, 0) is 6.92 Å². The first-order valence-corrected chi connectivity index (χ1v) is 7.16. The van der Waals surface area contributed by atoms with E-state index in [2.05, 4.69) is 5.32 Å². The lowest BCUT2D eigenvalue weighted by Gasteiger charge is -2.44. The van der Waals surface area contributed by atoms with E-state index in [1.165, 1.54) is 12.0 Å². The number of carbonyl (C=O) groups excluding carboxylic acids is 2. The van der Waals surface area contributed by atoms with Crippen molar-refractivity contribution in [2.24, 2.45) is 0 Å². The molecule has 0 aromatic rings. The van der Waals surface area contributed by atoms with E-state index in [9.17, 15) is 14.0 Å². The number of carbonyl (C=O) groups is 2. The van der Waals surface area contributed by atoms with Gasteiger partial charge in [0.25, 0.3) is 0 Å². The zero-order chi connectivity index (χ0) is 15.1. The van der Waals surface area contributed by atoms with Gasteiger partial charge in [-0.15, -0.1) is 0 Å². The number of aliphatic hydroxyl groups excluding tert-OH is 1. The van der Waals surface area contributed by atoms with Crippen LogP contribution in [0.3, 0.4) is 0 Å². The van der Waals surface area contributed by atoms with E-state index in [1.54, 1.807) is 6.92 Å². The molecule has 0 aromatic heterocycles. The average Bonchev–Trinajstić information content (AvgIpc) is 2.74. The van der Waals surface area contributed by atoms with Crippen LogP contribution < -0.4 is 5.32 Å². The summed E-state index contributed by atoms with van der Waals surface area (Å²) in [6.45, 7) is 1.15. The van der Waals surface area contributed by atoms with Gasteiger partial charge >= 0.3 is 6.03 Å². The molecule has 2 heterocycles. The third-order valence-corrected chi connectivity index (χ3v) is 4.51. The fourth-order valence-corrected chi connectivity index (χ4v) is 3.09. The Kier molecular flexibility index (Phi) is 4.52. The Labute approximate surface area is 128 Å². The number of nitrogens with zero attached hydrogens (tertiary/aromatic N) is 1. The summed E-state index contributed by atoms with van der Waals surface area (Å²) < 4.78 is 23.2. The highest BCUT2D eigenvalue weighted by atomic mass is 127. The lowest BCUT2D eigenvalue weighted by molar-refractivity contribution is -0.152. The van der Waals surface area contributed by atoms with E-state index in [4.69, 9.17) is 14.6 Å². The Morgan fingerprint density at radius 3 is 2.80 bits per heavy atom. The van der Waals surface area contributed by atoms with Crippen molar-refractivity contribution >= 4 is 34.5 Å². The first-order chi connectivity index (χ1) is 9.32. The lowest BCUT2D eigenvalue weighted by atomic mass is 10.1. The highest BCUT2D eigenvalue weighted by Gasteiger charge is 2.54. The van der Waals surface area contributed by atoms with Crippen molar-refractivity contribution < 1.29 is 28.6 Å². The summed E-state index contributed by atoms with van der Waals surface area (Å²) in [5.74, 6) is -0.472. The predicted molar refractivity (Wildman–Crippen MR) is 73.9 cm³/mol. The first kappa shape index (κ1) is 15.9. The minimum Gasteiger partial charge on any atom is -0.394 e. The quantitative estimate of drug-likeness (QED) is 0.519. The van der Waals surface area contributed by atoms with Gasteiger partial charge in [-0.2, -0.15) is 0 Å². The molecule has 0 radical (unpaired) electrons. The third-order valence-electron chi connectivity index (χ3n) is 3.49. The first-order valence-electron chi connectivity index (χ1n) is 6.08. The topological polar surface area (TPSA) is 88.1 Å². The summed E-state index contributed by atoms with van der Waals surface area (Å²) >= 11 is 1.88. The molecule has 5 atom stereocenters. The number of ether oxygens (including phenoxy) is 2. The summed E-state index contributed by atoms with van der Waals surface area (Å²) in [5, 5.41) is 11.2. The Balaban J connectivity index is 2.25. The van der Waals surface area contributed by atoms with Gasteiger partial charge in [0, 0.05) is 13.5 Å². The van der Waals surface area contributed by atoms with Gasteiger partial charge in [0.15, 0.2) is 6.23 Å². The van der Waals surface area contributed by atoms with Gasteiger partial charge in [0.2, 0.25) is 5.91 Å². The van der Waals surface area contributed by atoms with Crippen LogP contribution in [-0.4, -0.2) is 63.8 Å². The molecular weight excluding hydrogens is 386 g/mol. The molecule has 0 spiro atoms. The largest absolute Gasteiger partial charge is 0.394 e. The Morgan fingerprint density at radius 1 is 1.65 bits per heavy atom. The maximum Gasteiger partial charge on any atom is 0.328 e. The van der Waals surface area contributed by atoms with Crippen LogP contribution in [0.2, 0.25) is 0 Å². The fraction of sp³-hybridized carbons (Fsp3) is 0.818. The number of alkyl halides is 2. The van der Waals surface area contributed by atoms with Crippen LogP contribution in [0, 0.1) is 0 Å². The van der Waals surface area contributed by atoms with Gasteiger partial charge in [-0.25, -0.2) is 9.18 Å². The van der Waals surface area contributed by atoms with Gasteiger partial charge < -0.3 is 14.6 Å². The number of halogens is 2. The van der Waals surface area contributed by atoms with Crippen molar-refractivity contribution in [3.05, 3.63) is 0 Å². The highest BCUT2D eigenvalue weighted by molar-refractivity contribution is 14.1. The Bertz CT molecular complexity index is 422. The minimum absolute atomic E-state index is 0.0700. The van der Waals surface area contributed by atoms with Crippen molar-refractivity contribution in [2.75, 3.05) is 13.7 Å². The zero-order valence-corrected chi connectivity index (χ0v) is 13.2. The molecular formula is C11H16FIN2O5. The predicted octanol–water partition coefficient (Wildman–Crippen LogP) is 0.150. The molecule has 9 heteroatoms. The van der Waals surface area contributed by atoms with E-state index in [-0.39, 0.29) is 6.42 Å². The second-order valence-corrected chi connectivity index (χ2v) is 7.13. The number of hydrogen-bond donors (Lipinski definition) is 2. The molecule has 3 amide bonds. The van der Waals surface area contributed by atoms with Gasteiger partial charge in [-0.3, -0.25) is 15.0 Å². The van der Waals surface area contributed by atoms with Gasteiger partial charge in [-0.1, -0.05) is 22.6 Å². The summed E-state index contributed by atoms with van der Waals surface area (Å²) in [4.78, 5) is 25.0. The zero-order valence-electron chi connectivity index (χ0n) is 11.0. The van der Waals surface area contributed by atoms with Crippen molar-refractivity contribution in [1.29, 1.82) is 0 Å². The number of aliphatic hydroxyl groups is 1. The number of urea groups is 1. The van der Waals surface area contributed by atoms with E-state index >= 15 is 0 Å². The second kappa shape index (κ2) is 5.70. The number of imide groups is 1.